The Morgan fingerprint density at radius 2 is 2.09 bits per heavy atom. The lowest BCUT2D eigenvalue weighted by atomic mass is 10.2. The van der Waals surface area contributed by atoms with Crippen LogP contribution in [0, 0.1) is 0 Å². The first kappa shape index (κ1) is 15.5. The summed E-state index contributed by atoms with van der Waals surface area (Å²) in [5, 5.41) is 5.17. The Labute approximate surface area is 133 Å². The summed E-state index contributed by atoms with van der Waals surface area (Å²) in [7, 11) is 0. The van der Waals surface area contributed by atoms with Gasteiger partial charge in [0.1, 0.15) is 0 Å². The van der Waals surface area contributed by atoms with E-state index in [9.17, 15) is 0 Å². The molecule has 3 aromatic rings. The summed E-state index contributed by atoms with van der Waals surface area (Å²) in [6.45, 7) is 0. The lowest BCUT2D eigenvalue weighted by molar-refractivity contribution is 1.04. The van der Waals surface area contributed by atoms with Crippen LogP contribution in [0.2, 0.25) is 0 Å². The first-order chi connectivity index (χ1) is 10.6. The van der Waals surface area contributed by atoms with Crippen LogP contribution < -0.4 is 16.9 Å². The zero-order chi connectivity index (χ0) is 15.8. The average molecular weight is 312 g/mol. The molecule has 1 aromatic carbocycles. The summed E-state index contributed by atoms with van der Waals surface area (Å²) in [6, 6.07) is 13.6. The van der Waals surface area contributed by atoms with Crippen molar-refractivity contribution in [1.29, 1.82) is 0 Å². The first-order valence-electron chi connectivity index (χ1n) is 6.47. The molecule has 0 aliphatic heterocycles. The van der Waals surface area contributed by atoms with Gasteiger partial charge in [-0.3, -0.25) is 10.4 Å². The van der Waals surface area contributed by atoms with Gasteiger partial charge >= 0.3 is 0 Å². The van der Waals surface area contributed by atoms with E-state index in [-0.39, 0.29) is 5.11 Å². The molecule has 7 heteroatoms. The predicted octanol–water partition coefficient (Wildman–Crippen LogP) is 2.00. The smallest absolute Gasteiger partial charge is 0.184 e. The summed E-state index contributed by atoms with van der Waals surface area (Å²) in [4.78, 5) is 6.96. The second kappa shape index (κ2) is 7.75. The highest BCUT2D eigenvalue weighted by Gasteiger charge is 1.96. The number of hydrogen-bond acceptors (Lipinski definition) is 4. The zero-order valence-electron chi connectivity index (χ0n) is 11.7. The molecule has 112 valence electrons. The molecule has 0 bridgehead atoms. The maximum Gasteiger partial charge on any atom is 0.184 e. The van der Waals surface area contributed by atoms with Gasteiger partial charge in [0.05, 0.1) is 17.6 Å². The minimum atomic E-state index is 0.155. The van der Waals surface area contributed by atoms with Gasteiger partial charge in [0, 0.05) is 23.3 Å². The number of thiocarbonyl (C=S) groups is 1. The second-order valence-corrected chi connectivity index (χ2v) is 4.77. The fourth-order valence-corrected chi connectivity index (χ4v) is 1.76. The van der Waals surface area contributed by atoms with Crippen LogP contribution in [0.25, 0.3) is 10.9 Å². The molecule has 0 saturated heterocycles. The van der Waals surface area contributed by atoms with E-state index in [0.717, 1.165) is 16.6 Å². The quantitative estimate of drug-likeness (QED) is 0.329. The fourth-order valence-electron chi connectivity index (χ4n) is 1.71. The van der Waals surface area contributed by atoms with Crippen LogP contribution in [0.5, 0.6) is 0 Å². The predicted molar refractivity (Wildman–Crippen MR) is 94.5 cm³/mol. The van der Waals surface area contributed by atoms with E-state index in [1.807, 2.05) is 30.3 Å². The summed E-state index contributed by atoms with van der Waals surface area (Å²) in [5.41, 5.74) is 15.7. The molecule has 0 aliphatic carbocycles. The lowest BCUT2D eigenvalue weighted by Gasteiger charge is -1.91. The van der Waals surface area contributed by atoms with Crippen molar-refractivity contribution in [1.82, 2.24) is 15.4 Å². The fraction of sp³-hybridized carbons (Fsp3) is 0. The van der Waals surface area contributed by atoms with Crippen molar-refractivity contribution < 1.29 is 0 Å². The van der Waals surface area contributed by atoms with Gasteiger partial charge in [-0.1, -0.05) is 18.2 Å². The van der Waals surface area contributed by atoms with Crippen LogP contribution >= 0.6 is 12.2 Å². The number of rotatable bonds is 2. The monoisotopic (exact) mass is 312 g/mol. The third-order valence-corrected chi connectivity index (χ3v) is 2.70. The van der Waals surface area contributed by atoms with Gasteiger partial charge < -0.3 is 16.5 Å². The number of aromatic amines is 1. The molecule has 0 saturated carbocycles. The van der Waals surface area contributed by atoms with Gasteiger partial charge in [-0.15, -0.1) is 0 Å². The number of nitrogens with two attached hydrogens (primary N) is 2. The number of hydrogen-bond donors (Lipinski definition) is 4. The van der Waals surface area contributed by atoms with Gasteiger partial charge in [-0.25, -0.2) is 0 Å². The Morgan fingerprint density at radius 3 is 2.68 bits per heavy atom. The van der Waals surface area contributed by atoms with Crippen LogP contribution in [0.1, 0.15) is 5.69 Å². The summed E-state index contributed by atoms with van der Waals surface area (Å²) < 4.78 is 0. The van der Waals surface area contributed by atoms with Gasteiger partial charge in [0.15, 0.2) is 5.11 Å². The third-order valence-electron chi connectivity index (χ3n) is 2.61. The molecule has 0 unspecified atom stereocenters. The third kappa shape index (κ3) is 4.88. The number of nitrogen functional groups attached to an aromatic ring is 1. The maximum absolute atomic E-state index is 5.30. The normalized spacial score (nSPS) is 10.2. The molecule has 6 N–H and O–H groups in total. The highest BCUT2D eigenvalue weighted by molar-refractivity contribution is 7.80. The van der Waals surface area contributed by atoms with Crippen molar-refractivity contribution in [2.45, 2.75) is 0 Å². The van der Waals surface area contributed by atoms with E-state index in [1.165, 1.54) is 0 Å². The molecular weight excluding hydrogens is 296 g/mol. The van der Waals surface area contributed by atoms with Crippen LogP contribution in [-0.2, 0) is 0 Å². The number of fused-ring (bicyclic) bond motifs is 1. The van der Waals surface area contributed by atoms with Crippen molar-refractivity contribution in [2.24, 2.45) is 10.8 Å². The van der Waals surface area contributed by atoms with Gasteiger partial charge in [-0.05, 0) is 36.5 Å². The molecular formula is C15H16N6S. The molecule has 2 heterocycles. The van der Waals surface area contributed by atoms with E-state index < -0.39 is 0 Å². The van der Waals surface area contributed by atoms with E-state index in [1.54, 1.807) is 30.7 Å². The topological polar surface area (TPSA) is 105 Å². The molecule has 6 nitrogen and oxygen atoms in total. The number of pyridine rings is 1. The van der Waals surface area contributed by atoms with E-state index >= 15 is 0 Å². The molecule has 0 radical (unpaired) electrons. The largest absolute Gasteiger partial charge is 0.397 e. The van der Waals surface area contributed by atoms with Crippen LogP contribution in [-0.4, -0.2) is 21.3 Å². The number of H-pyrrole nitrogens is 1. The zero-order valence-corrected chi connectivity index (χ0v) is 12.5. The molecule has 0 aliphatic rings. The Bertz CT molecular complexity index is 733. The van der Waals surface area contributed by atoms with Crippen molar-refractivity contribution in [3.8, 4) is 0 Å². The van der Waals surface area contributed by atoms with E-state index in [4.69, 9.17) is 11.5 Å². The van der Waals surface area contributed by atoms with Crippen molar-refractivity contribution in [2.75, 3.05) is 5.73 Å². The number of anilines is 1. The Balaban J connectivity index is 0.000000211. The highest BCUT2D eigenvalue weighted by Crippen LogP contribution is 2.12. The van der Waals surface area contributed by atoms with Crippen LogP contribution in [0.4, 0.5) is 5.69 Å². The number of hydrazone groups is 1. The summed E-state index contributed by atoms with van der Waals surface area (Å²) in [5.74, 6) is 0. The lowest BCUT2D eigenvalue weighted by Crippen LogP contribution is -2.23. The molecule has 0 atom stereocenters. The highest BCUT2D eigenvalue weighted by atomic mass is 32.1. The molecule has 0 amide bonds. The Morgan fingerprint density at radius 1 is 1.27 bits per heavy atom. The summed E-state index contributed by atoms with van der Waals surface area (Å²) >= 11 is 4.62. The number of benzene rings is 1. The SMILES string of the molecule is NC(=S)NN=Cc1cc2ccccc2[nH]1.Nc1cccnc1. The maximum atomic E-state index is 5.30. The van der Waals surface area contributed by atoms with Crippen molar-refractivity contribution >= 4 is 40.1 Å². The molecule has 2 aromatic heterocycles. The first-order valence-corrected chi connectivity index (χ1v) is 6.88. The van der Waals surface area contributed by atoms with Crippen LogP contribution in [0.15, 0.2) is 60.0 Å². The number of nitrogens with one attached hydrogen (secondary N) is 2. The average Bonchev–Trinajstić information content (AvgIpc) is 2.91. The van der Waals surface area contributed by atoms with Gasteiger partial charge in [-0.2, -0.15) is 5.10 Å². The van der Waals surface area contributed by atoms with Crippen molar-refractivity contribution in [3.05, 3.63) is 60.6 Å². The van der Waals surface area contributed by atoms with Crippen molar-refractivity contribution in [3.63, 3.8) is 0 Å². The minimum Gasteiger partial charge on any atom is -0.397 e. The summed E-state index contributed by atoms with van der Waals surface area (Å²) in [6.07, 6.45) is 4.94. The number of para-hydroxylation sites is 1. The minimum absolute atomic E-state index is 0.155. The Kier molecular flexibility index (Phi) is 5.44. The van der Waals surface area contributed by atoms with Gasteiger partial charge in [0.25, 0.3) is 0 Å². The molecule has 0 fully saturated rings. The number of aromatic nitrogens is 2. The van der Waals surface area contributed by atoms with E-state index in [2.05, 4.69) is 32.7 Å². The molecule has 22 heavy (non-hydrogen) atoms. The molecule has 0 spiro atoms. The van der Waals surface area contributed by atoms with Gasteiger partial charge in [0.2, 0.25) is 0 Å². The van der Waals surface area contributed by atoms with E-state index in [0.29, 0.717) is 5.69 Å². The standard InChI is InChI=1S/C10H10N4S.C5H6N2/c11-10(15)14-12-6-8-5-7-3-1-2-4-9(7)13-8;6-5-2-1-3-7-4-5/h1-6,13H,(H3,11,14,15);1-4H,6H2. The Hall–Kier alpha value is -2.93. The number of nitrogens with zero attached hydrogens (tertiary/aromatic N) is 2. The second-order valence-electron chi connectivity index (χ2n) is 4.33. The van der Waals surface area contributed by atoms with Crippen LogP contribution in [0.3, 0.4) is 0 Å². The molecule has 3 rings (SSSR count).